The molecule has 4 rings (SSSR count). The van der Waals surface area contributed by atoms with Crippen LogP contribution in [0.25, 0.3) is 0 Å². The molecule has 2 saturated heterocycles. The lowest BCUT2D eigenvalue weighted by molar-refractivity contribution is -0.153. The molecule has 0 N–H and O–H groups in total. The van der Waals surface area contributed by atoms with Crippen molar-refractivity contribution in [3.63, 3.8) is 0 Å². The second-order valence-electron chi connectivity index (χ2n) is 8.59. The van der Waals surface area contributed by atoms with E-state index in [9.17, 15) is 22.8 Å². The van der Waals surface area contributed by atoms with Crippen molar-refractivity contribution in [1.29, 1.82) is 0 Å². The highest BCUT2D eigenvalue weighted by molar-refractivity contribution is 7.89. The molecule has 8 nitrogen and oxygen atoms in total. The first-order valence-electron chi connectivity index (χ1n) is 10.1. The molecule has 0 aromatic heterocycles. The molecule has 4 atom stereocenters. The van der Waals surface area contributed by atoms with Crippen LogP contribution >= 0.6 is 0 Å². The lowest BCUT2D eigenvalue weighted by Gasteiger charge is -2.50. The van der Waals surface area contributed by atoms with Crippen molar-refractivity contribution in [2.75, 3.05) is 20.7 Å². The quantitative estimate of drug-likeness (QED) is 0.657. The number of piperidine rings is 1. The van der Waals surface area contributed by atoms with Crippen molar-refractivity contribution in [3.8, 4) is 0 Å². The van der Waals surface area contributed by atoms with E-state index < -0.39 is 39.4 Å². The smallest absolute Gasteiger partial charge is 0.323 e. The van der Waals surface area contributed by atoms with Crippen LogP contribution in [0.5, 0.6) is 0 Å². The molecule has 0 radical (unpaired) electrons. The third-order valence-electron chi connectivity index (χ3n) is 7.12. The zero-order valence-electron chi connectivity index (χ0n) is 17.3. The molecule has 30 heavy (non-hydrogen) atoms. The maximum atomic E-state index is 13.8. The molecule has 162 valence electrons. The fourth-order valence-electron chi connectivity index (χ4n) is 5.52. The fourth-order valence-corrected chi connectivity index (χ4v) is 6.99. The largest absolute Gasteiger partial charge is 0.468 e. The van der Waals surface area contributed by atoms with E-state index in [2.05, 4.69) is 0 Å². The molecule has 2 heterocycles. The van der Waals surface area contributed by atoms with Crippen LogP contribution < -0.4 is 0 Å². The highest BCUT2D eigenvalue weighted by Gasteiger charge is 2.66. The highest BCUT2D eigenvalue weighted by atomic mass is 32.2. The molecule has 2 aliphatic heterocycles. The summed E-state index contributed by atoms with van der Waals surface area (Å²) in [6.07, 6.45) is 0.936. The van der Waals surface area contributed by atoms with Crippen LogP contribution in [0.15, 0.2) is 29.2 Å². The topological polar surface area (TPSA) is 101 Å². The molecule has 1 aliphatic carbocycles. The van der Waals surface area contributed by atoms with Gasteiger partial charge in [-0.25, -0.2) is 12.7 Å². The molecule has 3 aliphatic rings. The first-order valence-corrected chi connectivity index (χ1v) is 11.5. The van der Waals surface area contributed by atoms with Gasteiger partial charge in [0.2, 0.25) is 5.91 Å². The number of nitrogens with zero attached hydrogens (tertiary/aromatic N) is 2. The Kier molecular flexibility index (Phi) is 5.01. The van der Waals surface area contributed by atoms with E-state index in [1.54, 1.807) is 24.1 Å². The molecule has 1 saturated carbocycles. The summed E-state index contributed by atoms with van der Waals surface area (Å²) in [6, 6.07) is 5.20. The van der Waals surface area contributed by atoms with Gasteiger partial charge in [-0.15, -0.1) is 0 Å². The zero-order chi connectivity index (χ0) is 21.8. The van der Waals surface area contributed by atoms with E-state index in [1.807, 2.05) is 6.92 Å². The van der Waals surface area contributed by atoms with E-state index in [0.717, 1.165) is 9.87 Å². The molecule has 3 fully saturated rings. The van der Waals surface area contributed by atoms with Crippen LogP contribution in [0.1, 0.15) is 31.2 Å². The van der Waals surface area contributed by atoms with E-state index in [4.69, 9.17) is 4.74 Å². The molecule has 1 aromatic carbocycles. The Hall–Kier alpha value is -2.26. The molecular formula is C21H26N2O6S. The number of likely N-dealkylation sites (tertiary alicyclic amines) is 1. The lowest BCUT2D eigenvalue weighted by atomic mass is 9.59. The highest BCUT2D eigenvalue weighted by Crippen LogP contribution is 2.56. The van der Waals surface area contributed by atoms with Crippen LogP contribution in [0, 0.1) is 18.3 Å². The van der Waals surface area contributed by atoms with Crippen molar-refractivity contribution in [3.05, 3.63) is 29.8 Å². The number of amides is 1. The van der Waals surface area contributed by atoms with Crippen molar-refractivity contribution in [1.82, 2.24) is 9.21 Å². The molecule has 1 amide bonds. The first kappa shape index (κ1) is 21.0. The lowest BCUT2D eigenvalue weighted by Crippen LogP contribution is -2.62. The first-order chi connectivity index (χ1) is 14.1. The SMILES string of the molecule is COC(=O)C1C[C@]23C(=O)N(S(=O)(=O)c4ccc(C)cc4)CC[C@H]2CC(=O)C[C@@H]3N1C. The Bertz CT molecular complexity index is 1000. The van der Waals surface area contributed by atoms with Crippen molar-refractivity contribution in [2.24, 2.45) is 11.3 Å². The summed E-state index contributed by atoms with van der Waals surface area (Å²) in [7, 11) is -1.04. The number of hydrogen-bond acceptors (Lipinski definition) is 7. The second-order valence-corrected chi connectivity index (χ2v) is 10.5. The van der Waals surface area contributed by atoms with Gasteiger partial charge >= 0.3 is 5.97 Å². The van der Waals surface area contributed by atoms with Gasteiger partial charge in [-0.1, -0.05) is 17.7 Å². The molecule has 1 spiro atoms. The second kappa shape index (κ2) is 7.16. The summed E-state index contributed by atoms with van der Waals surface area (Å²) in [5.41, 5.74) is -0.167. The molecule has 1 unspecified atom stereocenters. The van der Waals surface area contributed by atoms with Gasteiger partial charge in [0.15, 0.2) is 0 Å². The average Bonchev–Trinajstić information content (AvgIpc) is 3.00. The molecule has 1 aromatic rings. The number of Topliss-reactive ketones (excluding diaryl/α,β-unsaturated/α-hetero) is 1. The monoisotopic (exact) mass is 434 g/mol. The minimum Gasteiger partial charge on any atom is -0.468 e. The average molecular weight is 435 g/mol. The predicted octanol–water partition coefficient (Wildman–Crippen LogP) is 1.13. The fraction of sp³-hybridized carbons (Fsp3) is 0.571. The summed E-state index contributed by atoms with van der Waals surface area (Å²) in [5, 5.41) is 0. The van der Waals surface area contributed by atoms with E-state index in [-0.39, 0.29) is 42.4 Å². The van der Waals surface area contributed by atoms with Crippen LogP contribution in [0.3, 0.4) is 0 Å². The Balaban J connectivity index is 1.77. The number of esters is 1. The van der Waals surface area contributed by atoms with Gasteiger partial charge < -0.3 is 4.74 Å². The zero-order valence-corrected chi connectivity index (χ0v) is 18.1. The third-order valence-corrected chi connectivity index (χ3v) is 8.92. The number of likely N-dealkylation sites (N-methyl/N-ethyl adjacent to an activating group) is 1. The van der Waals surface area contributed by atoms with Gasteiger partial charge in [-0.3, -0.25) is 19.3 Å². The van der Waals surface area contributed by atoms with E-state index >= 15 is 0 Å². The summed E-state index contributed by atoms with van der Waals surface area (Å²) in [6.45, 7) is 1.89. The molecular weight excluding hydrogens is 408 g/mol. The van der Waals surface area contributed by atoms with Crippen LogP contribution in [-0.4, -0.2) is 68.1 Å². The Morgan fingerprint density at radius 3 is 2.47 bits per heavy atom. The van der Waals surface area contributed by atoms with Gasteiger partial charge in [0, 0.05) is 25.4 Å². The van der Waals surface area contributed by atoms with Gasteiger partial charge in [0.05, 0.1) is 17.4 Å². The normalized spacial score (nSPS) is 32.0. The summed E-state index contributed by atoms with van der Waals surface area (Å²) < 4.78 is 32.5. The number of carbonyl (C=O) groups excluding carboxylic acids is 3. The molecule has 0 bridgehead atoms. The number of hydrogen-bond donors (Lipinski definition) is 0. The van der Waals surface area contributed by atoms with Gasteiger partial charge in [0.25, 0.3) is 10.0 Å². The number of carbonyl (C=O) groups is 3. The number of rotatable bonds is 3. The third kappa shape index (κ3) is 2.90. The van der Waals surface area contributed by atoms with Crippen molar-refractivity contribution < 1.29 is 27.5 Å². The van der Waals surface area contributed by atoms with Crippen molar-refractivity contribution >= 4 is 27.7 Å². The number of methoxy groups -OCH3 is 1. The van der Waals surface area contributed by atoms with Crippen LogP contribution in [0.4, 0.5) is 0 Å². The Labute approximate surface area is 176 Å². The summed E-state index contributed by atoms with van der Waals surface area (Å²) in [5.74, 6) is -1.22. The number of aryl methyl sites for hydroxylation is 1. The standard InChI is InChI=1S/C21H26N2O6S/c1-13-4-6-16(7-5-13)30(27,28)23-9-8-14-10-15(24)11-18-21(14,20(23)26)12-17(22(18)2)19(25)29-3/h4-7,14,17-18H,8-12H2,1-3H3/t14-,17?,18-,21-/m0/s1. The maximum absolute atomic E-state index is 13.8. The van der Waals surface area contributed by atoms with Crippen LogP contribution in [-0.2, 0) is 29.1 Å². The minimum absolute atomic E-state index is 0.0358. The number of benzene rings is 1. The predicted molar refractivity (Wildman–Crippen MR) is 107 cm³/mol. The van der Waals surface area contributed by atoms with Gasteiger partial charge in [0.1, 0.15) is 11.8 Å². The Morgan fingerprint density at radius 2 is 1.83 bits per heavy atom. The number of sulfonamides is 1. The van der Waals surface area contributed by atoms with Crippen molar-refractivity contribution in [2.45, 2.75) is 49.6 Å². The van der Waals surface area contributed by atoms with Crippen LogP contribution in [0.2, 0.25) is 0 Å². The number of ether oxygens (including phenoxy) is 1. The van der Waals surface area contributed by atoms with Gasteiger partial charge in [-0.05, 0) is 44.9 Å². The maximum Gasteiger partial charge on any atom is 0.323 e. The van der Waals surface area contributed by atoms with E-state index in [1.165, 1.54) is 19.2 Å². The molecule has 9 heteroatoms. The number of ketones is 1. The van der Waals surface area contributed by atoms with Gasteiger partial charge in [-0.2, -0.15) is 0 Å². The summed E-state index contributed by atoms with van der Waals surface area (Å²) >= 11 is 0. The summed E-state index contributed by atoms with van der Waals surface area (Å²) in [4.78, 5) is 40.4. The van der Waals surface area contributed by atoms with E-state index in [0.29, 0.717) is 6.42 Å². The minimum atomic E-state index is -4.03. The Morgan fingerprint density at radius 1 is 1.17 bits per heavy atom.